The van der Waals surface area contributed by atoms with Crippen LogP contribution in [0, 0.1) is 12.8 Å². The zero-order valence-corrected chi connectivity index (χ0v) is 18.8. The van der Waals surface area contributed by atoms with Crippen LogP contribution in [0.2, 0.25) is 5.02 Å². The van der Waals surface area contributed by atoms with E-state index in [0.717, 1.165) is 17.9 Å². The maximum atomic E-state index is 12.8. The van der Waals surface area contributed by atoms with Crippen molar-refractivity contribution in [1.29, 1.82) is 0 Å². The van der Waals surface area contributed by atoms with Gasteiger partial charge in [0, 0.05) is 30.9 Å². The highest BCUT2D eigenvalue weighted by Crippen LogP contribution is 2.24. The molecule has 0 radical (unpaired) electrons. The molecule has 1 aromatic heterocycles. The molecule has 0 bridgehead atoms. The number of amides is 1. The van der Waals surface area contributed by atoms with Gasteiger partial charge in [0.1, 0.15) is 5.03 Å². The number of thioether (sulfide) groups is 1. The summed E-state index contributed by atoms with van der Waals surface area (Å²) >= 11 is 7.41. The summed E-state index contributed by atoms with van der Waals surface area (Å²) in [6.45, 7) is 3.30. The van der Waals surface area contributed by atoms with Crippen molar-refractivity contribution in [1.82, 2.24) is 14.6 Å². The molecule has 0 spiro atoms. The molecule has 1 aliphatic rings. The van der Waals surface area contributed by atoms with Crippen molar-refractivity contribution in [2.75, 3.05) is 25.9 Å². The molecule has 0 atom stereocenters. The number of aryl methyl sites for hydroxylation is 1. The summed E-state index contributed by atoms with van der Waals surface area (Å²) in [5.74, 6) is 0.165. The molecule has 3 rings (SSSR count). The third kappa shape index (κ3) is 5.31. The van der Waals surface area contributed by atoms with Crippen LogP contribution in [-0.4, -0.2) is 50.1 Å². The first-order chi connectivity index (χ1) is 13.8. The van der Waals surface area contributed by atoms with Crippen molar-refractivity contribution in [3.63, 3.8) is 0 Å². The zero-order chi connectivity index (χ0) is 21.0. The fraction of sp³-hybridized carbons (Fsp3) is 0.400. The molecule has 156 valence electrons. The van der Waals surface area contributed by atoms with Crippen LogP contribution in [0.1, 0.15) is 28.8 Å². The second kappa shape index (κ2) is 9.47. The molecular weight excluding hydrogens is 430 g/mol. The monoisotopic (exact) mass is 453 g/mol. The minimum Gasteiger partial charge on any atom is -0.339 e. The lowest BCUT2D eigenvalue weighted by atomic mass is 9.97. The van der Waals surface area contributed by atoms with E-state index in [-0.39, 0.29) is 16.7 Å². The van der Waals surface area contributed by atoms with E-state index in [1.165, 1.54) is 17.8 Å². The lowest BCUT2D eigenvalue weighted by molar-refractivity contribution is 0.0687. The van der Waals surface area contributed by atoms with Crippen LogP contribution in [0.4, 0.5) is 0 Å². The Morgan fingerprint density at radius 2 is 2.03 bits per heavy atom. The average Bonchev–Trinajstić information content (AvgIpc) is 2.73. The molecule has 2 heterocycles. The first kappa shape index (κ1) is 22.1. The number of carbonyl (C=O) groups excluding carboxylic acids is 1. The number of nitrogens with one attached hydrogen (secondary N) is 1. The van der Waals surface area contributed by atoms with Gasteiger partial charge < -0.3 is 4.90 Å². The highest BCUT2D eigenvalue weighted by atomic mass is 35.5. The molecule has 0 saturated carbocycles. The van der Waals surface area contributed by atoms with Crippen LogP contribution in [0.5, 0.6) is 0 Å². The van der Waals surface area contributed by atoms with Crippen LogP contribution < -0.4 is 4.72 Å². The van der Waals surface area contributed by atoms with Gasteiger partial charge in [-0.15, -0.1) is 11.8 Å². The van der Waals surface area contributed by atoms with Crippen molar-refractivity contribution < 1.29 is 13.2 Å². The van der Waals surface area contributed by atoms with E-state index < -0.39 is 10.0 Å². The summed E-state index contributed by atoms with van der Waals surface area (Å²) in [5, 5.41) is 1.12. The van der Waals surface area contributed by atoms with Crippen LogP contribution in [0.3, 0.4) is 0 Å². The Balaban J connectivity index is 1.57. The Bertz CT molecular complexity index is 990. The first-order valence-electron chi connectivity index (χ1n) is 9.36. The molecule has 1 fully saturated rings. The van der Waals surface area contributed by atoms with Gasteiger partial charge in [0.2, 0.25) is 10.0 Å². The van der Waals surface area contributed by atoms with E-state index in [1.54, 1.807) is 37.4 Å². The number of aromatic nitrogens is 1. The van der Waals surface area contributed by atoms with Gasteiger partial charge in [-0.1, -0.05) is 17.7 Å². The average molecular weight is 454 g/mol. The highest BCUT2D eigenvalue weighted by molar-refractivity contribution is 7.98. The molecule has 1 N–H and O–H groups in total. The molecule has 9 heteroatoms. The number of piperidine rings is 1. The van der Waals surface area contributed by atoms with Crippen LogP contribution in [-0.2, 0) is 10.0 Å². The normalized spacial score (nSPS) is 15.5. The number of halogens is 1. The van der Waals surface area contributed by atoms with E-state index >= 15 is 0 Å². The standard InChI is InChI=1S/C20H24ClN3O3S2/c1-14-5-6-16(21)12-18(14)29(26,27)23-13-15-7-10-24(11-8-15)20(25)17-4-3-9-22-19(17)28-2/h3-6,9,12,15,23H,7-8,10-11,13H2,1-2H3. The van der Waals surface area contributed by atoms with Crippen LogP contribution in [0.25, 0.3) is 0 Å². The van der Waals surface area contributed by atoms with Crippen molar-refractivity contribution in [2.45, 2.75) is 29.7 Å². The highest BCUT2D eigenvalue weighted by Gasteiger charge is 2.26. The first-order valence-corrected chi connectivity index (χ1v) is 12.4. The topological polar surface area (TPSA) is 79.4 Å². The molecule has 0 aliphatic carbocycles. The maximum absolute atomic E-state index is 12.8. The van der Waals surface area contributed by atoms with Gasteiger partial charge >= 0.3 is 0 Å². The van der Waals surface area contributed by atoms with Crippen LogP contribution >= 0.6 is 23.4 Å². The summed E-state index contributed by atoms with van der Waals surface area (Å²) < 4.78 is 28.0. The number of benzene rings is 1. The molecule has 1 saturated heterocycles. The second-order valence-electron chi connectivity index (χ2n) is 7.06. The van der Waals surface area contributed by atoms with Crippen molar-refractivity contribution in [3.05, 3.63) is 52.7 Å². The fourth-order valence-corrected chi connectivity index (χ4v) is 5.56. The van der Waals surface area contributed by atoms with E-state index in [2.05, 4.69) is 9.71 Å². The summed E-state index contributed by atoms with van der Waals surface area (Å²) in [6.07, 6.45) is 5.08. The van der Waals surface area contributed by atoms with E-state index in [4.69, 9.17) is 11.6 Å². The summed E-state index contributed by atoms with van der Waals surface area (Å²) in [6, 6.07) is 8.41. The number of hydrogen-bond donors (Lipinski definition) is 1. The van der Waals surface area contributed by atoms with Gasteiger partial charge in [-0.05, 0) is 61.8 Å². The predicted molar refractivity (Wildman–Crippen MR) is 116 cm³/mol. The molecule has 1 aliphatic heterocycles. The third-order valence-electron chi connectivity index (χ3n) is 5.10. The number of nitrogens with zero attached hydrogens (tertiary/aromatic N) is 2. The largest absolute Gasteiger partial charge is 0.339 e. The smallest absolute Gasteiger partial charge is 0.256 e. The van der Waals surface area contributed by atoms with Gasteiger partial charge in [-0.25, -0.2) is 18.1 Å². The zero-order valence-electron chi connectivity index (χ0n) is 16.4. The van der Waals surface area contributed by atoms with E-state index in [0.29, 0.717) is 35.8 Å². The number of hydrogen-bond acceptors (Lipinski definition) is 5. The SMILES string of the molecule is CSc1ncccc1C(=O)N1CCC(CNS(=O)(=O)c2cc(Cl)ccc2C)CC1. The lowest BCUT2D eigenvalue weighted by Crippen LogP contribution is -2.41. The third-order valence-corrected chi connectivity index (χ3v) is 7.61. The molecule has 6 nitrogen and oxygen atoms in total. The molecule has 29 heavy (non-hydrogen) atoms. The Hall–Kier alpha value is -1.61. The number of carbonyl (C=O) groups is 1. The molecule has 0 unspecified atom stereocenters. The molecule has 1 aromatic carbocycles. The van der Waals surface area contributed by atoms with Crippen molar-refractivity contribution in [2.24, 2.45) is 5.92 Å². The van der Waals surface area contributed by atoms with Gasteiger partial charge in [-0.2, -0.15) is 0 Å². The Morgan fingerprint density at radius 3 is 2.72 bits per heavy atom. The molecule has 2 aromatic rings. The summed E-state index contributed by atoms with van der Waals surface area (Å²) in [4.78, 5) is 19.1. The lowest BCUT2D eigenvalue weighted by Gasteiger charge is -2.32. The summed E-state index contributed by atoms with van der Waals surface area (Å²) in [5.41, 5.74) is 1.28. The summed E-state index contributed by atoms with van der Waals surface area (Å²) in [7, 11) is -3.62. The number of pyridine rings is 1. The van der Waals surface area contributed by atoms with Crippen molar-refractivity contribution in [3.8, 4) is 0 Å². The number of sulfonamides is 1. The number of rotatable bonds is 6. The molecule has 1 amide bonds. The van der Waals surface area contributed by atoms with Gasteiger partial charge in [0.15, 0.2) is 0 Å². The van der Waals surface area contributed by atoms with Gasteiger partial charge in [0.05, 0.1) is 10.5 Å². The van der Waals surface area contributed by atoms with Crippen LogP contribution in [0.15, 0.2) is 46.5 Å². The maximum Gasteiger partial charge on any atom is 0.256 e. The van der Waals surface area contributed by atoms with E-state index in [1.807, 2.05) is 11.2 Å². The minimum atomic E-state index is -3.62. The predicted octanol–water partition coefficient (Wildman–Crippen LogP) is 3.60. The number of likely N-dealkylation sites (tertiary alicyclic amines) is 1. The Labute approximate surface area is 181 Å². The van der Waals surface area contributed by atoms with E-state index in [9.17, 15) is 13.2 Å². The Morgan fingerprint density at radius 1 is 1.31 bits per heavy atom. The molecular formula is C20H24ClN3O3S2. The minimum absolute atomic E-state index is 0.0176. The second-order valence-corrected chi connectivity index (χ2v) is 10.0. The Kier molecular flexibility index (Phi) is 7.21. The van der Waals surface area contributed by atoms with Gasteiger partial charge in [-0.3, -0.25) is 4.79 Å². The van der Waals surface area contributed by atoms with Gasteiger partial charge in [0.25, 0.3) is 5.91 Å². The fourth-order valence-electron chi connectivity index (χ4n) is 3.40. The quantitative estimate of drug-likeness (QED) is 0.676. The van der Waals surface area contributed by atoms with Crippen molar-refractivity contribution >= 4 is 39.3 Å².